The molecule has 3 heterocycles. The van der Waals surface area contributed by atoms with Crippen molar-refractivity contribution < 1.29 is 15.0 Å². The Morgan fingerprint density at radius 1 is 1.30 bits per heavy atom. The first-order valence-corrected chi connectivity index (χ1v) is 11.2. The molecule has 27 heavy (non-hydrogen) atoms. The average Bonchev–Trinajstić information content (AvgIpc) is 3.36. The minimum absolute atomic E-state index is 0.0909. The number of hydrogen-bond acceptors (Lipinski definition) is 7. The number of carbonyl (C=O) groups excluding carboxylic acids is 1. The Labute approximate surface area is 167 Å². The Hall–Kier alpha value is -1.45. The quantitative estimate of drug-likeness (QED) is 0.383. The number of halogens is 1. The van der Waals surface area contributed by atoms with Crippen molar-refractivity contribution in [2.24, 2.45) is 0 Å². The number of nitrogens with zero attached hydrogens (tertiary/aromatic N) is 4. The van der Waals surface area contributed by atoms with Crippen molar-refractivity contribution in [3.05, 3.63) is 11.6 Å². The van der Waals surface area contributed by atoms with Crippen LogP contribution in [-0.2, 0) is 4.79 Å². The third-order valence-corrected chi connectivity index (χ3v) is 8.57. The number of fused-ring (bicyclic) bond motifs is 1. The van der Waals surface area contributed by atoms with Crippen LogP contribution >= 0.6 is 11.6 Å². The number of carbonyl (C=O) groups is 1. The van der Waals surface area contributed by atoms with E-state index < -0.39 is 22.0 Å². The van der Waals surface area contributed by atoms with Crippen molar-refractivity contribution in [1.29, 1.82) is 0 Å². The van der Waals surface area contributed by atoms with Gasteiger partial charge in [-0.15, -0.1) is 0 Å². The zero-order valence-electron chi connectivity index (χ0n) is 14.7. The predicted molar refractivity (Wildman–Crippen MR) is 101 cm³/mol. The van der Waals surface area contributed by atoms with Gasteiger partial charge in [0.15, 0.2) is 0 Å². The molecule has 2 aliphatic rings. The number of amides is 1. The molecular weight excluding hydrogens is 439 g/mol. The van der Waals surface area contributed by atoms with Crippen molar-refractivity contribution in [3.8, 4) is 0 Å². The molecule has 2 aromatic heterocycles. The number of anilines is 1. The Kier molecular flexibility index (Phi) is 5.26. The maximum absolute atomic E-state index is 12.0. The second kappa shape index (κ2) is 7.52. The topological polar surface area (TPSA) is 125 Å². The summed E-state index contributed by atoms with van der Waals surface area (Å²) in [6.07, 6.45) is 3.89. The van der Waals surface area contributed by atoms with E-state index in [-0.39, 0.29) is 26.1 Å². The molecule has 146 valence electrons. The summed E-state index contributed by atoms with van der Waals surface area (Å²) < 4.78 is 1.71. The van der Waals surface area contributed by atoms with Gasteiger partial charge in [0.1, 0.15) is 0 Å². The molecule has 1 saturated heterocycles. The van der Waals surface area contributed by atoms with Crippen LogP contribution in [0.2, 0.25) is 10.1 Å². The van der Waals surface area contributed by atoms with E-state index in [1.807, 2.05) is 0 Å². The fourth-order valence-corrected chi connectivity index (χ4v) is 6.94. The molecule has 1 aliphatic carbocycles. The first-order chi connectivity index (χ1) is 13.0. The molecule has 1 saturated carbocycles. The summed E-state index contributed by atoms with van der Waals surface area (Å²) in [5.41, 5.74) is 1.07. The third-order valence-electron chi connectivity index (χ3n) is 5.11. The Bertz CT molecular complexity index is 858. The maximum atomic E-state index is 12.0. The third kappa shape index (κ3) is 3.40. The average molecular weight is 460 g/mol. The summed E-state index contributed by atoms with van der Waals surface area (Å²) in [6, 6.07) is 0.338. The number of aromatic nitrogens is 4. The summed E-state index contributed by atoms with van der Waals surface area (Å²) in [4.78, 5) is 23.9. The van der Waals surface area contributed by atoms with E-state index >= 15 is 0 Å². The van der Waals surface area contributed by atoms with Gasteiger partial charge in [0.25, 0.3) is 0 Å². The van der Waals surface area contributed by atoms with Crippen LogP contribution in [0.15, 0.2) is 6.33 Å². The van der Waals surface area contributed by atoms with E-state index in [2.05, 4.69) is 25.6 Å². The van der Waals surface area contributed by atoms with Crippen LogP contribution in [0.1, 0.15) is 30.6 Å². The first kappa shape index (κ1) is 18.9. The first-order valence-electron chi connectivity index (χ1n) is 8.89. The van der Waals surface area contributed by atoms with Gasteiger partial charge in [-0.25, -0.2) is 0 Å². The van der Waals surface area contributed by atoms with E-state index in [0.29, 0.717) is 23.0 Å². The van der Waals surface area contributed by atoms with Gasteiger partial charge in [-0.05, 0) is 0 Å². The van der Waals surface area contributed by atoms with Crippen molar-refractivity contribution in [3.63, 3.8) is 0 Å². The van der Waals surface area contributed by atoms with Gasteiger partial charge >= 0.3 is 167 Å². The number of imidazole rings is 1. The van der Waals surface area contributed by atoms with Crippen molar-refractivity contribution in [2.75, 3.05) is 12.4 Å². The second-order valence-corrected chi connectivity index (χ2v) is 9.82. The standard InChI is InChI=1S/C16H21ClN6O3Se/c1-18-14(26)11-9(24)10(25)15(27-11)23-6-19-8-12(20-7-4-2-3-5-7)21-16(17)22-13(8)23/h6-7,9-11,15,24-25H,2-5H2,1H3,(H,18,26)(H,20,21,22)/t9-,10+,11+,15+/m0/s1. The molecule has 11 heteroatoms. The summed E-state index contributed by atoms with van der Waals surface area (Å²) >= 11 is 5.75. The fraction of sp³-hybridized carbons (Fsp3) is 0.625. The second-order valence-electron chi connectivity index (χ2n) is 6.83. The van der Waals surface area contributed by atoms with E-state index in [9.17, 15) is 15.0 Å². The van der Waals surface area contributed by atoms with Crippen molar-refractivity contribution in [2.45, 2.75) is 53.7 Å². The summed E-state index contributed by atoms with van der Waals surface area (Å²) in [5, 5.41) is 26.9. The van der Waals surface area contributed by atoms with Crippen LogP contribution in [0.5, 0.6) is 0 Å². The van der Waals surface area contributed by atoms with Gasteiger partial charge in [-0.3, -0.25) is 0 Å². The molecule has 1 amide bonds. The van der Waals surface area contributed by atoms with Crippen molar-refractivity contribution in [1.82, 2.24) is 24.8 Å². The van der Waals surface area contributed by atoms with Gasteiger partial charge in [-0.1, -0.05) is 0 Å². The van der Waals surface area contributed by atoms with Crippen LogP contribution in [0.4, 0.5) is 5.82 Å². The molecule has 2 fully saturated rings. The number of aliphatic hydroxyl groups excluding tert-OH is 2. The fourth-order valence-electron chi connectivity index (χ4n) is 3.69. The Morgan fingerprint density at radius 3 is 2.74 bits per heavy atom. The summed E-state index contributed by atoms with van der Waals surface area (Å²) in [5.74, 6) is 0.309. The molecule has 0 unspecified atom stereocenters. The van der Waals surface area contributed by atoms with Crippen LogP contribution in [-0.4, -0.2) is 75.9 Å². The van der Waals surface area contributed by atoms with Gasteiger partial charge < -0.3 is 0 Å². The van der Waals surface area contributed by atoms with E-state index in [1.54, 1.807) is 10.9 Å². The zero-order chi connectivity index (χ0) is 19.1. The van der Waals surface area contributed by atoms with E-state index in [4.69, 9.17) is 11.6 Å². The van der Waals surface area contributed by atoms with Gasteiger partial charge in [-0.2, -0.15) is 0 Å². The molecule has 0 spiro atoms. The number of nitrogens with one attached hydrogen (secondary N) is 2. The van der Waals surface area contributed by atoms with Crippen LogP contribution in [0.3, 0.4) is 0 Å². The van der Waals surface area contributed by atoms with Gasteiger partial charge in [0, 0.05) is 0 Å². The molecule has 2 aromatic rings. The number of aliphatic hydroxyl groups is 2. The minimum atomic E-state index is -1.12. The molecule has 4 N–H and O–H groups in total. The van der Waals surface area contributed by atoms with Crippen molar-refractivity contribution >= 4 is 49.4 Å². The Balaban J connectivity index is 1.68. The van der Waals surface area contributed by atoms with Crippen LogP contribution < -0.4 is 10.6 Å². The predicted octanol–water partition coefficient (Wildman–Crippen LogP) is 0.307. The molecule has 0 radical (unpaired) electrons. The Morgan fingerprint density at radius 2 is 2.04 bits per heavy atom. The molecule has 9 nitrogen and oxygen atoms in total. The molecular formula is C16H21ClN6O3Se. The summed E-state index contributed by atoms with van der Waals surface area (Å²) in [7, 11) is 1.52. The zero-order valence-corrected chi connectivity index (χ0v) is 17.1. The number of rotatable bonds is 4. The van der Waals surface area contributed by atoms with Gasteiger partial charge in [0.05, 0.1) is 0 Å². The SMILES string of the molecule is CNC(=O)[C@@H]1[Se][C@@H](n2cnc3c(NC4CCCC4)nc(Cl)nc32)[C@H](O)[C@@H]1O. The molecule has 4 atom stereocenters. The monoisotopic (exact) mass is 460 g/mol. The number of hydrogen-bond donors (Lipinski definition) is 4. The molecule has 4 rings (SSSR count). The van der Waals surface area contributed by atoms with Gasteiger partial charge in [0.2, 0.25) is 0 Å². The van der Waals surface area contributed by atoms with E-state index in [1.165, 1.54) is 19.9 Å². The van der Waals surface area contributed by atoms with Crippen LogP contribution in [0.25, 0.3) is 11.2 Å². The summed E-state index contributed by atoms with van der Waals surface area (Å²) in [6.45, 7) is 0. The normalized spacial score (nSPS) is 28.7. The molecule has 0 aromatic carbocycles. The van der Waals surface area contributed by atoms with Crippen LogP contribution in [0, 0.1) is 0 Å². The molecule has 0 bridgehead atoms. The van der Waals surface area contributed by atoms with E-state index in [0.717, 1.165) is 12.8 Å². The molecule has 1 aliphatic heterocycles.